The molecule has 0 amide bonds. The summed E-state index contributed by atoms with van der Waals surface area (Å²) in [4.78, 5) is 2.08. The number of halogens is 1. The van der Waals surface area contributed by atoms with Crippen molar-refractivity contribution in [2.45, 2.75) is 5.92 Å². The maximum Gasteiger partial charge on any atom is 0.189 e. The molecule has 2 aliphatic rings. The first kappa shape index (κ1) is 17.2. The molecule has 5 nitrogen and oxygen atoms in total. The van der Waals surface area contributed by atoms with Crippen LogP contribution in [0.2, 0.25) is 5.02 Å². The van der Waals surface area contributed by atoms with Crippen LogP contribution >= 0.6 is 11.6 Å². The summed E-state index contributed by atoms with van der Waals surface area (Å²) in [6, 6.07) is 13.4. The third-order valence-electron chi connectivity index (χ3n) is 5.21. The number of benzene rings is 1. The highest BCUT2D eigenvalue weighted by Crippen LogP contribution is 2.54. The Labute approximate surface area is 151 Å². The zero-order chi connectivity index (χ0) is 18.2. The zero-order valence-corrected chi connectivity index (χ0v) is 14.5. The summed E-state index contributed by atoms with van der Waals surface area (Å²) in [5, 5.41) is 38.4. The average Bonchev–Trinajstić information content (AvgIpc) is 2.62. The quantitative estimate of drug-likeness (QED) is 0.787. The van der Waals surface area contributed by atoms with E-state index in [1.807, 2.05) is 25.3 Å². The van der Waals surface area contributed by atoms with Crippen molar-refractivity contribution in [3.63, 3.8) is 0 Å². The fourth-order valence-electron chi connectivity index (χ4n) is 4.02. The van der Waals surface area contributed by atoms with Gasteiger partial charge in [0.15, 0.2) is 5.41 Å². The van der Waals surface area contributed by atoms with E-state index in [-0.39, 0.29) is 11.6 Å². The van der Waals surface area contributed by atoms with Crippen molar-refractivity contribution in [1.29, 1.82) is 21.2 Å². The van der Waals surface area contributed by atoms with Crippen LogP contribution in [0.3, 0.4) is 0 Å². The second kappa shape index (κ2) is 6.34. The van der Waals surface area contributed by atoms with E-state index in [2.05, 4.69) is 23.1 Å². The topological polar surface area (TPSA) is 98.5 Å². The molecule has 0 bridgehead atoms. The van der Waals surface area contributed by atoms with Crippen LogP contribution in [0.4, 0.5) is 0 Å². The van der Waals surface area contributed by atoms with Gasteiger partial charge in [-0.25, -0.2) is 0 Å². The summed E-state index contributed by atoms with van der Waals surface area (Å²) in [6.07, 6.45) is 1.96. The first-order valence-electron chi connectivity index (χ1n) is 7.94. The SMILES string of the molecule is CN1CC=C2C(C#N)C(=N)C(C#N)(C#N)[C@@H](c3ccccc3Cl)[C@H]2C1. The second-order valence-corrected chi connectivity index (χ2v) is 6.95. The third-order valence-corrected chi connectivity index (χ3v) is 5.56. The second-order valence-electron chi connectivity index (χ2n) is 6.54. The molecule has 1 heterocycles. The molecule has 6 heteroatoms. The number of nitrogens with one attached hydrogen (secondary N) is 1. The maximum absolute atomic E-state index is 9.91. The largest absolute Gasteiger partial charge is 0.305 e. The van der Waals surface area contributed by atoms with Gasteiger partial charge in [-0.2, -0.15) is 15.8 Å². The van der Waals surface area contributed by atoms with Crippen LogP contribution in [0.5, 0.6) is 0 Å². The van der Waals surface area contributed by atoms with Crippen molar-refractivity contribution >= 4 is 17.3 Å². The molecule has 0 saturated heterocycles. The van der Waals surface area contributed by atoms with E-state index in [1.165, 1.54) is 0 Å². The smallest absolute Gasteiger partial charge is 0.189 e. The Balaban J connectivity index is 2.30. The van der Waals surface area contributed by atoms with Crippen LogP contribution in [-0.4, -0.2) is 30.7 Å². The molecule has 1 aromatic rings. The normalized spacial score (nSPS) is 28.0. The van der Waals surface area contributed by atoms with Crippen molar-refractivity contribution in [2.24, 2.45) is 17.3 Å². The number of rotatable bonds is 1. The molecule has 1 aliphatic carbocycles. The van der Waals surface area contributed by atoms with Gasteiger partial charge in [-0.3, -0.25) is 0 Å². The van der Waals surface area contributed by atoms with Gasteiger partial charge in [0.05, 0.1) is 23.9 Å². The van der Waals surface area contributed by atoms with Crippen LogP contribution < -0.4 is 0 Å². The Kier molecular flexibility index (Phi) is 4.36. The number of hydrogen-bond donors (Lipinski definition) is 1. The lowest BCUT2D eigenvalue weighted by atomic mass is 9.54. The Morgan fingerprint density at radius 3 is 2.52 bits per heavy atom. The molecule has 3 atom stereocenters. The molecule has 1 aliphatic heterocycles. The van der Waals surface area contributed by atoms with Crippen molar-refractivity contribution in [3.8, 4) is 18.2 Å². The highest BCUT2D eigenvalue weighted by molar-refractivity contribution is 6.31. The van der Waals surface area contributed by atoms with E-state index in [0.29, 0.717) is 23.7 Å². The van der Waals surface area contributed by atoms with Gasteiger partial charge in [0.1, 0.15) is 5.92 Å². The molecule has 0 spiro atoms. The minimum absolute atomic E-state index is 0.142. The van der Waals surface area contributed by atoms with Crippen molar-refractivity contribution < 1.29 is 0 Å². The van der Waals surface area contributed by atoms with Crippen LogP contribution in [0, 0.1) is 56.7 Å². The number of hydrogen-bond acceptors (Lipinski definition) is 5. The molecular weight excluding hydrogens is 334 g/mol. The predicted octanol–water partition coefficient (Wildman–Crippen LogP) is 3.12. The van der Waals surface area contributed by atoms with Crippen LogP contribution in [0.1, 0.15) is 11.5 Å². The molecule has 1 N–H and O–H groups in total. The Morgan fingerprint density at radius 2 is 1.92 bits per heavy atom. The van der Waals surface area contributed by atoms with Crippen molar-refractivity contribution in [1.82, 2.24) is 4.90 Å². The van der Waals surface area contributed by atoms with Gasteiger partial charge in [-0.1, -0.05) is 35.9 Å². The van der Waals surface area contributed by atoms with Crippen molar-refractivity contribution in [2.75, 3.05) is 20.1 Å². The maximum atomic E-state index is 9.91. The Hall–Kier alpha value is -2.65. The van der Waals surface area contributed by atoms with Gasteiger partial charge >= 0.3 is 0 Å². The fourth-order valence-corrected chi connectivity index (χ4v) is 4.28. The van der Waals surface area contributed by atoms with E-state index in [9.17, 15) is 15.8 Å². The molecule has 0 aromatic heterocycles. The monoisotopic (exact) mass is 349 g/mol. The van der Waals surface area contributed by atoms with Crippen molar-refractivity contribution in [3.05, 3.63) is 46.5 Å². The average molecular weight is 350 g/mol. The Morgan fingerprint density at radius 1 is 1.24 bits per heavy atom. The van der Waals surface area contributed by atoms with E-state index in [0.717, 1.165) is 5.57 Å². The van der Waals surface area contributed by atoms with Gasteiger partial charge in [0.2, 0.25) is 0 Å². The molecule has 25 heavy (non-hydrogen) atoms. The number of nitrogens with zero attached hydrogens (tertiary/aromatic N) is 4. The molecule has 1 fully saturated rings. The van der Waals surface area contributed by atoms with Gasteiger partial charge in [-0.05, 0) is 24.3 Å². The summed E-state index contributed by atoms with van der Waals surface area (Å²) >= 11 is 6.40. The van der Waals surface area contributed by atoms with Crippen LogP contribution in [0.15, 0.2) is 35.9 Å². The van der Waals surface area contributed by atoms with Gasteiger partial charge in [0, 0.05) is 29.9 Å². The van der Waals surface area contributed by atoms with Crippen LogP contribution in [-0.2, 0) is 0 Å². The van der Waals surface area contributed by atoms with E-state index >= 15 is 0 Å². The number of likely N-dealkylation sites (N-methyl/N-ethyl adjacent to an activating group) is 1. The summed E-state index contributed by atoms with van der Waals surface area (Å²) in [5.41, 5.74) is -0.334. The molecular formula is C19H16ClN5. The van der Waals surface area contributed by atoms with E-state index < -0.39 is 17.3 Å². The third kappa shape index (κ3) is 2.43. The minimum atomic E-state index is -1.70. The van der Waals surface area contributed by atoms with Gasteiger partial charge in [0.25, 0.3) is 0 Å². The number of fused-ring (bicyclic) bond motifs is 1. The highest BCUT2D eigenvalue weighted by Gasteiger charge is 2.57. The lowest BCUT2D eigenvalue weighted by molar-refractivity contribution is 0.235. The van der Waals surface area contributed by atoms with E-state index in [4.69, 9.17) is 17.0 Å². The Bertz CT molecular complexity index is 868. The standard InChI is InChI=1S/C19H16ClN5/c1-25-7-6-12-14(8-21)18(24)19(10-22,11-23)17(15(12)9-25)13-4-2-3-5-16(13)20/h2-6,14-15,17,24H,7,9H2,1H3/t14?,15-,17-/m0/s1. The number of nitriles is 3. The predicted molar refractivity (Wildman–Crippen MR) is 93.8 cm³/mol. The molecule has 124 valence electrons. The van der Waals surface area contributed by atoms with Crippen LogP contribution in [0.25, 0.3) is 0 Å². The molecule has 1 aromatic carbocycles. The summed E-state index contributed by atoms with van der Waals surface area (Å²) in [5.74, 6) is -1.63. The summed E-state index contributed by atoms with van der Waals surface area (Å²) in [6.45, 7) is 1.29. The molecule has 3 rings (SSSR count). The van der Waals surface area contributed by atoms with Gasteiger partial charge in [-0.15, -0.1) is 0 Å². The van der Waals surface area contributed by atoms with Gasteiger partial charge < -0.3 is 10.3 Å². The lowest BCUT2D eigenvalue weighted by Gasteiger charge is -2.47. The lowest BCUT2D eigenvalue weighted by Crippen LogP contribution is -2.52. The minimum Gasteiger partial charge on any atom is -0.305 e. The first-order valence-corrected chi connectivity index (χ1v) is 8.32. The summed E-state index contributed by atoms with van der Waals surface area (Å²) < 4.78 is 0. The summed E-state index contributed by atoms with van der Waals surface area (Å²) in [7, 11) is 1.96. The molecule has 1 unspecified atom stereocenters. The molecule has 1 saturated carbocycles. The fraction of sp³-hybridized carbons (Fsp3) is 0.368. The van der Waals surface area contributed by atoms with E-state index in [1.54, 1.807) is 12.1 Å². The first-order chi connectivity index (χ1) is 12.0. The zero-order valence-electron chi connectivity index (χ0n) is 13.7. The highest BCUT2D eigenvalue weighted by atomic mass is 35.5. The molecule has 0 radical (unpaired) electrons.